The van der Waals surface area contributed by atoms with E-state index in [1.807, 2.05) is 25.1 Å². The SMILES string of the molecule is Cc1cc(NC(=O)c2ccc(I)cc2)ncc1Br. The molecule has 92 valence electrons. The van der Waals surface area contributed by atoms with Gasteiger partial charge in [-0.1, -0.05) is 0 Å². The molecule has 0 saturated carbocycles. The summed E-state index contributed by atoms with van der Waals surface area (Å²) in [6.07, 6.45) is 1.68. The number of anilines is 1. The van der Waals surface area contributed by atoms with Crippen LogP contribution < -0.4 is 5.32 Å². The van der Waals surface area contributed by atoms with Crippen molar-refractivity contribution in [3.8, 4) is 0 Å². The molecule has 18 heavy (non-hydrogen) atoms. The Balaban J connectivity index is 2.16. The van der Waals surface area contributed by atoms with E-state index in [0.29, 0.717) is 11.4 Å². The van der Waals surface area contributed by atoms with Crippen molar-refractivity contribution in [1.29, 1.82) is 0 Å². The number of carbonyl (C=O) groups excluding carboxylic acids is 1. The number of pyridine rings is 1. The molecule has 0 fully saturated rings. The topological polar surface area (TPSA) is 42.0 Å². The summed E-state index contributed by atoms with van der Waals surface area (Å²) in [5.74, 6) is 0.403. The van der Waals surface area contributed by atoms with Crippen LogP contribution in [0.25, 0.3) is 0 Å². The van der Waals surface area contributed by atoms with Gasteiger partial charge in [0.25, 0.3) is 5.91 Å². The molecule has 1 heterocycles. The molecule has 0 atom stereocenters. The molecular formula is C13H10BrIN2O. The number of aryl methyl sites for hydroxylation is 1. The highest BCUT2D eigenvalue weighted by Gasteiger charge is 2.07. The minimum Gasteiger partial charge on any atom is -0.307 e. The molecule has 1 aromatic carbocycles. The summed E-state index contributed by atoms with van der Waals surface area (Å²) < 4.78 is 2.02. The highest BCUT2D eigenvalue weighted by molar-refractivity contribution is 14.1. The Hall–Kier alpha value is -0.950. The van der Waals surface area contributed by atoms with Gasteiger partial charge in [-0.25, -0.2) is 4.98 Å². The van der Waals surface area contributed by atoms with E-state index < -0.39 is 0 Å². The Morgan fingerprint density at radius 1 is 1.33 bits per heavy atom. The second-order valence-electron chi connectivity index (χ2n) is 3.78. The lowest BCUT2D eigenvalue weighted by molar-refractivity contribution is 0.102. The zero-order chi connectivity index (χ0) is 13.1. The van der Waals surface area contributed by atoms with Crippen molar-refractivity contribution in [1.82, 2.24) is 4.98 Å². The summed E-state index contributed by atoms with van der Waals surface area (Å²) in [6, 6.07) is 9.21. The zero-order valence-electron chi connectivity index (χ0n) is 9.58. The molecule has 0 radical (unpaired) electrons. The Labute approximate surface area is 127 Å². The van der Waals surface area contributed by atoms with Gasteiger partial charge in [-0.3, -0.25) is 4.79 Å². The average molecular weight is 417 g/mol. The number of carbonyl (C=O) groups is 1. The first kappa shape index (κ1) is 13.5. The van der Waals surface area contributed by atoms with Crippen LogP contribution in [0.1, 0.15) is 15.9 Å². The van der Waals surface area contributed by atoms with Crippen LogP contribution in [0.4, 0.5) is 5.82 Å². The lowest BCUT2D eigenvalue weighted by Crippen LogP contribution is -2.12. The van der Waals surface area contributed by atoms with Gasteiger partial charge in [0.05, 0.1) is 0 Å². The Bertz CT molecular complexity index is 584. The third kappa shape index (κ3) is 3.29. The van der Waals surface area contributed by atoms with Crippen molar-refractivity contribution < 1.29 is 4.79 Å². The summed E-state index contributed by atoms with van der Waals surface area (Å²) >= 11 is 5.57. The van der Waals surface area contributed by atoms with Crippen molar-refractivity contribution in [2.24, 2.45) is 0 Å². The van der Waals surface area contributed by atoms with E-state index in [2.05, 4.69) is 48.8 Å². The van der Waals surface area contributed by atoms with Crippen LogP contribution in [0.5, 0.6) is 0 Å². The second-order valence-corrected chi connectivity index (χ2v) is 5.88. The lowest BCUT2D eigenvalue weighted by atomic mass is 10.2. The smallest absolute Gasteiger partial charge is 0.256 e. The van der Waals surface area contributed by atoms with Gasteiger partial charge >= 0.3 is 0 Å². The molecule has 0 bridgehead atoms. The van der Waals surface area contributed by atoms with Gasteiger partial charge in [-0.05, 0) is 81.3 Å². The first-order chi connectivity index (χ1) is 8.56. The van der Waals surface area contributed by atoms with E-state index in [1.165, 1.54) is 0 Å². The number of halogens is 2. The van der Waals surface area contributed by atoms with Crippen LogP contribution in [0.2, 0.25) is 0 Å². The number of benzene rings is 1. The number of nitrogens with zero attached hydrogens (tertiary/aromatic N) is 1. The van der Waals surface area contributed by atoms with E-state index in [9.17, 15) is 4.79 Å². The van der Waals surface area contributed by atoms with E-state index in [4.69, 9.17) is 0 Å². The van der Waals surface area contributed by atoms with Crippen LogP contribution in [0.3, 0.4) is 0 Å². The summed E-state index contributed by atoms with van der Waals surface area (Å²) in [5.41, 5.74) is 1.65. The highest BCUT2D eigenvalue weighted by Crippen LogP contribution is 2.17. The molecule has 1 amide bonds. The number of amides is 1. The Kier molecular flexibility index (Phi) is 4.34. The third-order valence-corrected chi connectivity index (χ3v) is 3.94. The summed E-state index contributed by atoms with van der Waals surface area (Å²) in [4.78, 5) is 16.1. The number of aromatic nitrogens is 1. The van der Waals surface area contributed by atoms with Crippen molar-refractivity contribution in [3.05, 3.63) is 55.7 Å². The average Bonchev–Trinajstić information content (AvgIpc) is 2.34. The standard InChI is InChI=1S/C13H10BrIN2O/c1-8-6-12(16-7-11(8)14)17-13(18)9-2-4-10(15)5-3-9/h2-7H,1H3,(H,16,17,18). The van der Waals surface area contributed by atoms with Gasteiger partial charge < -0.3 is 5.32 Å². The molecule has 0 aliphatic rings. The molecular weight excluding hydrogens is 407 g/mol. The quantitative estimate of drug-likeness (QED) is 0.751. The fraction of sp³-hybridized carbons (Fsp3) is 0.0769. The minimum atomic E-state index is -0.152. The largest absolute Gasteiger partial charge is 0.307 e. The first-order valence-corrected chi connectivity index (χ1v) is 7.12. The predicted molar refractivity (Wildman–Crippen MR) is 83.8 cm³/mol. The summed E-state index contributed by atoms with van der Waals surface area (Å²) in [6.45, 7) is 1.95. The molecule has 0 aliphatic heterocycles. The van der Waals surface area contributed by atoms with Crippen molar-refractivity contribution in [2.45, 2.75) is 6.92 Å². The van der Waals surface area contributed by atoms with Gasteiger partial charge in [0.15, 0.2) is 0 Å². The molecule has 2 aromatic rings. The van der Waals surface area contributed by atoms with E-state index in [-0.39, 0.29) is 5.91 Å². The zero-order valence-corrected chi connectivity index (χ0v) is 13.3. The maximum absolute atomic E-state index is 12.0. The van der Waals surface area contributed by atoms with Crippen LogP contribution >= 0.6 is 38.5 Å². The second kappa shape index (κ2) is 5.79. The summed E-state index contributed by atoms with van der Waals surface area (Å²) in [7, 11) is 0. The maximum Gasteiger partial charge on any atom is 0.256 e. The number of hydrogen-bond donors (Lipinski definition) is 1. The van der Waals surface area contributed by atoms with Gasteiger partial charge in [0, 0.05) is 19.8 Å². The third-order valence-electron chi connectivity index (χ3n) is 2.39. The molecule has 1 N–H and O–H groups in total. The van der Waals surface area contributed by atoms with Gasteiger partial charge in [0.2, 0.25) is 0 Å². The maximum atomic E-state index is 12.0. The van der Waals surface area contributed by atoms with Crippen LogP contribution in [0.15, 0.2) is 41.0 Å². The number of hydrogen-bond acceptors (Lipinski definition) is 2. The number of nitrogens with one attached hydrogen (secondary N) is 1. The molecule has 0 unspecified atom stereocenters. The van der Waals surface area contributed by atoms with E-state index >= 15 is 0 Å². The van der Waals surface area contributed by atoms with Crippen molar-refractivity contribution >= 4 is 50.2 Å². The predicted octanol–water partition coefficient (Wildman–Crippen LogP) is 4.01. The minimum absolute atomic E-state index is 0.152. The van der Waals surface area contributed by atoms with Gasteiger partial charge in [-0.15, -0.1) is 0 Å². The molecule has 1 aromatic heterocycles. The molecule has 0 aliphatic carbocycles. The van der Waals surface area contributed by atoms with E-state index in [0.717, 1.165) is 13.6 Å². The van der Waals surface area contributed by atoms with E-state index in [1.54, 1.807) is 18.3 Å². The normalized spacial score (nSPS) is 10.2. The van der Waals surface area contributed by atoms with Gasteiger partial charge in [-0.2, -0.15) is 0 Å². The molecule has 2 rings (SSSR count). The Morgan fingerprint density at radius 2 is 2.00 bits per heavy atom. The van der Waals surface area contributed by atoms with Crippen molar-refractivity contribution in [2.75, 3.05) is 5.32 Å². The summed E-state index contributed by atoms with van der Waals surface area (Å²) in [5, 5.41) is 2.77. The van der Waals surface area contributed by atoms with Crippen LogP contribution in [-0.4, -0.2) is 10.9 Å². The monoisotopic (exact) mass is 416 g/mol. The highest BCUT2D eigenvalue weighted by atomic mass is 127. The Morgan fingerprint density at radius 3 is 2.61 bits per heavy atom. The first-order valence-electron chi connectivity index (χ1n) is 5.25. The fourth-order valence-electron chi connectivity index (χ4n) is 1.40. The molecule has 5 heteroatoms. The van der Waals surface area contributed by atoms with Crippen molar-refractivity contribution in [3.63, 3.8) is 0 Å². The lowest BCUT2D eigenvalue weighted by Gasteiger charge is -2.06. The molecule has 0 spiro atoms. The molecule has 0 saturated heterocycles. The fourth-order valence-corrected chi connectivity index (χ4v) is 1.97. The van der Waals surface area contributed by atoms with Crippen LogP contribution in [-0.2, 0) is 0 Å². The van der Waals surface area contributed by atoms with Crippen LogP contribution in [0, 0.1) is 10.5 Å². The van der Waals surface area contributed by atoms with Gasteiger partial charge in [0.1, 0.15) is 5.82 Å². The molecule has 3 nitrogen and oxygen atoms in total. The number of rotatable bonds is 2.